The van der Waals surface area contributed by atoms with Gasteiger partial charge in [-0.25, -0.2) is 8.42 Å². The lowest BCUT2D eigenvalue weighted by Crippen LogP contribution is -2.52. The summed E-state index contributed by atoms with van der Waals surface area (Å²) in [5.74, 6) is -0.395. The van der Waals surface area contributed by atoms with Crippen molar-refractivity contribution in [2.24, 2.45) is 5.92 Å². The fourth-order valence-corrected chi connectivity index (χ4v) is 4.81. The van der Waals surface area contributed by atoms with Crippen molar-refractivity contribution in [3.63, 3.8) is 0 Å². The van der Waals surface area contributed by atoms with Gasteiger partial charge in [0.15, 0.2) is 0 Å². The monoisotopic (exact) mass is 501 g/mol. The topological polar surface area (TPSA) is 86.8 Å². The molecule has 0 spiro atoms. The Morgan fingerprint density at radius 3 is 2.17 bits per heavy atom. The standard InChI is InChI=1S/C27H39N3O4S/c1-8-24(27(32)28-16-19(2)3)29(17-23-14-10-9-12-21(23)5)26(31)18-30(35(7,33)34)25-15-11-13-20(4)22(25)6/h9-15,19,24H,8,16-18H2,1-7H3,(H,28,32)/t24-/m1/s1. The number of rotatable bonds is 11. The normalized spacial score (nSPS) is 12.3. The number of hydrogen-bond donors (Lipinski definition) is 1. The minimum absolute atomic E-state index is 0.212. The van der Waals surface area contributed by atoms with Crippen LogP contribution >= 0.6 is 0 Å². The molecule has 0 unspecified atom stereocenters. The van der Waals surface area contributed by atoms with E-state index in [2.05, 4.69) is 5.32 Å². The molecule has 0 aliphatic heterocycles. The van der Waals surface area contributed by atoms with Crippen molar-refractivity contribution in [1.82, 2.24) is 10.2 Å². The Kier molecular flexibility index (Phi) is 9.89. The van der Waals surface area contributed by atoms with Crippen LogP contribution in [-0.2, 0) is 26.2 Å². The summed E-state index contributed by atoms with van der Waals surface area (Å²) in [6.45, 7) is 11.9. The number of anilines is 1. The third-order valence-corrected chi connectivity index (χ3v) is 7.32. The molecule has 2 rings (SSSR count). The van der Waals surface area contributed by atoms with Crippen LogP contribution in [0.15, 0.2) is 42.5 Å². The van der Waals surface area contributed by atoms with E-state index in [0.29, 0.717) is 18.7 Å². The SMILES string of the molecule is CC[C@H](C(=O)NCC(C)C)N(Cc1ccccc1C)C(=O)CN(c1cccc(C)c1C)S(C)(=O)=O. The fraction of sp³-hybridized carbons (Fsp3) is 0.481. The molecule has 1 N–H and O–H groups in total. The summed E-state index contributed by atoms with van der Waals surface area (Å²) < 4.78 is 26.7. The van der Waals surface area contributed by atoms with E-state index >= 15 is 0 Å². The zero-order chi connectivity index (χ0) is 26.3. The van der Waals surface area contributed by atoms with E-state index in [-0.39, 0.29) is 24.9 Å². The first kappa shape index (κ1) is 28.4. The van der Waals surface area contributed by atoms with Gasteiger partial charge in [-0.1, -0.05) is 57.2 Å². The van der Waals surface area contributed by atoms with Crippen molar-refractivity contribution in [3.05, 3.63) is 64.7 Å². The molecule has 2 aromatic carbocycles. The predicted octanol–water partition coefficient (Wildman–Crippen LogP) is 3.96. The van der Waals surface area contributed by atoms with Crippen LogP contribution in [0.1, 0.15) is 49.4 Å². The second kappa shape index (κ2) is 12.2. The lowest BCUT2D eigenvalue weighted by Gasteiger charge is -2.33. The molecule has 1 atom stereocenters. The molecule has 0 saturated heterocycles. The summed E-state index contributed by atoms with van der Waals surface area (Å²) in [6, 6.07) is 12.4. The summed E-state index contributed by atoms with van der Waals surface area (Å²) in [4.78, 5) is 28.4. The number of carbonyl (C=O) groups is 2. The van der Waals surface area contributed by atoms with Crippen molar-refractivity contribution in [2.45, 2.75) is 60.5 Å². The van der Waals surface area contributed by atoms with E-state index in [0.717, 1.165) is 32.8 Å². The van der Waals surface area contributed by atoms with Crippen LogP contribution in [0.2, 0.25) is 0 Å². The van der Waals surface area contributed by atoms with Gasteiger partial charge in [-0.05, 0) is 61.4 Å². The number of hydrogen-bond acceptors (Lipinski definition) is 4. The van der Waals surface area contributed by atoms with Gasteiger partial charge in [0.1, 0.15) is 12.6 Å². The zero-order valence-electron chi connectivity index (χ0n) is 22.0. The summed E-state index contributed by atoms with van der Waals surface area (Å²) in [5.41, 5.74) is 4.10. The largest absolute Gasteiger partial charge is 0.354 e. The lowest BCUT2D eigenvalue weighted by atomic mass is 10.1. The number of nitrogens with zero attached hydrogens (tertiary/aromatic N) is 2. The van der Waals surface area contributed by atoms with Gasteiger partial charge in [0, 0.05) is 13.1 Å². The van der Waals surface area contributed by atoms with E-state index in [1.807, 2.05) is 71.9 Å². The van der Waals surface area contributed by atoms with Crippen molar-refractivity contribution in [2.75, 3.05) is 23.7 Å². The molecule has 0 fully saturated rings. The Morgan fingerprint density at radius 2 is 1.60 bits per heavy atom. The molecule has 0 heterocycles. The van der Waals surface area contributed by atoms with E-state index in [9.17, 15) is 18.0 Å². The van der Waals surface area contributed by atoms with Gasteiger partial charge in [0.25, 0.3) is 0 Å². The van der Waals surface area contributed by atoms with Crippen LogP contribution in [0.5, 0.6) is 0 Å². The molecule has 7 nitrogen and oxygen atoms in total. The summed E-state index contributed by atoms with van der Waals surface area (Å²) in [6.07, 6.45) is 1.50. The highest BCUT2D eigenvalue weighted by atomic mass is 32.2. The van der Waals surface area contributed by atoms with Crippen molar-refractivity contribution in [3.8, 4) is 0 Å². The van der Waals surface area contributed by atoms with E-state index in [4.69, 9.17) is 0 Å². The minimum Gasteiger partial charge on any atom is -0.354 e. The first-order chi connectivity index (χ1) is 16.4. The molecule has 0 radical (unpaired) electrons. The van der Waals surface area contributed by atoms with E-state index in [1.54, 1.807) is 12.1 Å². The smallest absolute Gasteiger partial charge is 0.244 e. The van der Waals surface area contributed by atoms with Gasteiger partial charge in [-0.3, -0.25) is 13.9 Å². The highest BCUT2D eigenvalue weighted by Crippen LogP contribution is 2.26. The first-order valence-corrected chi connectivity index (χ1v) is 13.9. The van der Waals surface area contributed by atoms with Gasteiger partial charge >= 0.3 is 0 Å². The maximum atomic E-state index is 13.8. The number of amides is 2. The van der Waals surface area contributed by atoms with Crippen molar-refractivity contribution < 1.29 is 18.0 Å². The van der Waals surface area contributed by atoms with Gasteiger partial charge in [0.05, 0.1) is 11.9 Å². The molecular weight excluding hydrogens is 462 g/mol. The van der Waals surface area contributed by atoms with Crippen LogP contribution in [-0.4, -0.2) is 50.5 Å². The Bertz CT molecular complexity index is 1140. The molecule has 0 bridgehead atoms. The highest BCUT2D eigenvalue weighted by Gasteiger charge is 2.32. The molecule has 0 aliphatic carbocycles. The average Bonchev–Trinajstić information content (AvgIpc) is 2.78. The van der Waals surface area contributed by atoms with Crippen LogP contribution < -0.4 is 9.62 Å². The number of nitrogens with one attached hydrogen (secondary N) is 1. The molecule has 8 heteroatoms. The zero-order valence-corrected chi connectivity index (χ0v) is 22.8. The summed E-state index contributed by atoms with van der Waals surface area (Å²) in [7, 11) is -3.76. The molecule has 35 heavy (non-hydrogen) atoms. The lowest BCUT2D eigenvalue weighted by molar-refractivity contribution is -0.140. The molecule has 0 aliphatic rings. The van der Waals surface area contributed by atoms with Gasteiger partial charge in [-0.2, -0.15) is 0 Å². The number of carbonyl (C=O) groups excluding carboxylic acids is 2. The van der Waals surface area contributed by atoms with Gasteiger partial charge in [-0.15, -0.1) is 0 Å². The Balaban J connectivity index is 2.48. The third kappa shape index (κ3) is 7.56. The maximum Gasteiger partial charge on any atom is 0.244 e. The molecule has 2 aromatic rings. The maximum absolute atomic E-state index is 13.8. The summed E-state index contributed by atoms with van der Waals surface area (Å²) in [5, 5.41) is 2.94. The van der Waals surface area contributed by atoms with Crippen LogP contribution in [0.3, 0.4) is 0 Å². The van der Waals surface area contributed by atoms with E-state index in [1.165, 1.54) is 4.90 Å². The average molecular weight is 502 g/mol. The van der Waals surface area contributed by atoms with Crippen LogP contribution in [0, 0.1) is 26.7 Å². The molecule has 0 aromatic heterocycles. The Morgan fingerprint density at radius 1 is 0.971 bits per heavy atom. The second-order valence-electron chi connectivity index (χ2n) is 9.50. The summed E-state index contributed by atoms with van der Waals surface area (Å²) >= 11 is 0. The van der Waals surface area contributed by atoms with Crippen molar-refractivity contribution in [1.29, 1.82) is 0 Å². The Hall–Kier alpha value is -2.87. The highest BCUT2D eigenvalue weighted by molar-refractivity contribution is 7.92. The van der Waals surface area contributed by atoms with Crippen LogP contribution in [0.4, 0.5) is 5.69 Å². The van der Waals surface area contributed by atoms with Gasteiger partial charge < -0.3 is 10.2 Å². The predicted molar refractivity (Wildman–Crippen MR) is 142 cm³/mol. The van der Waals surface area contributed by atoms with E-state index < -0.39 is 22.0 Å². The third-order valence-electron chi connectivity index (χ3n) is 6.20. The molecule has 192 valence electrons. The van der Waals surface area contributed by atoms with Crippen molar-refractivity contribution >= 4 is 27.5 Å². The second-order valence-corrected chi connectivity index (χ2v) is 11.4. The quantitative estimate of drug-likeness (QED) is 0.505. The number of aryl methyl sites for hydroxylation is 2. The molecule has 0 saturated carbocycles. The minimum atomic E-state index is -3.76. The Labute approximate surface area is 210 Å². The van der Waals surface area contributed by atoms with Crippen LogP contribution in [0.25, 0.3) is 0 Å². The number of sulfonamides is 1. The number of benzene rings is 2. The molecule has 2 amide bonds. The molecular formula is C27H39N3O4S. The van der Waals surface area contributed by atoms with Gasteiger partial charge in [0.2, 0.25) is 21.8 Å². The fourth-order valence-electron chi connectivity index (χ4n) is 3.91. The first-order valence-electron chi connectivity index (χ1n) is 12.0.